The molecule has 0 bridgehead atoms. The summed E-state index contributed by atoms with van der Waals surface area (Å²) in [6, 6.07) is 0. The maximum Gasteiger partial charge on any atom is 0.266 e. The number of nitrogens with one attached hydrogen (secondary N) is 1. The van der Waals surface area contributed by atoms with Crippen LogP contribution >= 0.6 is 0 Å². The van der Waals surface area contributed by atoms with Gasteiger partial charge in [-0.15, -0.1) is 0 Å². The molecule has 0 aromatic carbocycles. The molecular formula is C30H51NO8S. The Morgan fingerprint density at radius 3 is 2.38 bits per heavy atom. The molecule has 0 radical (unpaired) electrons. The number of hydrogen-bond acceptors (Lipinski definition) is 7. The second-order valence-electron chi connectivity index (χ2n) is 14.2. The first-order chi connectivity index (χ1) is 18.4. The Kier molecular flexibility index (Phi) is 8.95. The van der Waals surface area contributed by atoms with Crippen LogP contribution in [0, 0.1) is 52.3 Å². The highest BCUT2D eigenvalue weighted by Crippen LogP contribution is 2.69. The number of carbonyl (C=O) groups excluding carboxylic acids is 1. The molecule has 4 saturated carbocycles. The normalized spacial score (nSPS) is 45.7. The molecule has 6 N–H and O–H groups in total. The van der Waals surface area contributed by atoms with Crippen molar-refractivity contribution in [1.82, 2.24) is 5.32 Å². The minimum atomic E-state index is -4.13. The van der Waals surface area contributed by atoms with Crippen molar-refractivity contribution in [2.45, 2.75) is 103 Å². The van der Waals surface area contributed by atoms with E-state index in [9.17, 15) is 33.6 Å². The van der Waals surface area contributed by atoms with Crippen molar-refractivity contribution < 1.29 is 38.2 Å². The summed E-state index contributed by atoms with van der Waals surface area (Å²) in [7, 11) is -4.13. The van der Waals surface area contributed by atoms with Crippen LogP contribution in [0.2, 0.25) is 0 Å². The summed E-state index contributed by atoms with van der Waals surface area (Å²) in [5.41, 5.74) is -1.91. The first-order valence-corrected chi connectivity index (χ1v) is 16.7. The first-order valence-electron chi connectivity index (χ1n) is 15.1. The second kappa shape index (κ2) is 11.2. The molecule has 4 aliphatic carbocycles. The van der Waals surface area contributed by atoms with Gasteiger partial charge in [-0.05, 0) is 79.4 Å². The van der Waals surface area contributed by atoms with Gasteiger partial charge in [0.1, 0.15) is 0 Å². The van der Waals surface area contributed by atoms with Crippen molar-refractivity contribution in [3.05, 3.63) is 12.2 Å². The topological polar surface area (TPSA) is 164 Å². The number of amides is 1. The molecule has 0 spiro atoms. The zero-order valence-electron chi connectivity index (χ0n) is 24.7. The Balaban J connectivity index is 1.45. The number of aliphatic hydroxyl groups is 4. The average Bonchev–Trinajstić information content (AvgIpc) is 3.13. The molecule has 230 valence electrons. The van der Waals surface area contributed by atoms with Crippen molar-refractivity contribution in [3.63, 3.8) is 0 Å². The van der Waals surface area contributed by atoms with Crippen molar-refractivity contribution in [1.29, 1.82) is 0 Å². The van der Waals surface area contributed by atoms with E-state index in [1.54, 1.807) is 6.92 Å². The van der Waals surface area contributed by atoms with Crippen LogP contribution in [0.4, 0.5) is 0 Å². The molecule has 0 saturated heterocycles. The molecule has 9 nitrogen and oxygen atoms in total. The van der Waals surface area contributed by atoms with Crippen LogP contribution in [-0.2, 0) is 14.9 Å². The fourth-order valence-electron chi connectivity index (χ4n) is 9.54. The van der Waals surface area contributed by atoms with Gasteiger partial charge in [-0.25, -0.2) is 0 Å². The number of fused-ring (bicyclic) bond motifs is 5. The highest BCUT2D eigenvalue weighted by molar-refractivity contribution is 7.85. The van der Waals surface area contributed by atoms with Gasteiger partial charge in [0, 0.05) is 24.3 Å². The number of aliphatic hydroxyl groups excluding tert-OH is 3. The van der Waals surface area contributed by atoms with E-state index in [1.165, 1.54) is 0 Å². The van der Waals surface area contributed by atoms with Gasteiger partial charge in [0.25, 0.3) is 10.1 Å². The molecule has 0 aliphatic heterocycles. The lowest BCUT2D eigenvalue weighted by Gasteiger charge is -2.65. The summed E-state index contributed by atoms with van der Waals surface area (Å²) in [6.07, 6.45) is 6.64. The molecule has 3 unspecified atom stereocenters. The van der Waals surface area contributed by atoms with Crippen LogP contribution in [0.5, 0.6) is 0 Å². The molecule has 0 aromatic rings. The van der Waals surface area contributed by atoms with Crippen LogP contribution in [0.1, 0.15) is 79.6 Å². The Hall–Kier alpha value is -1.04. The molecule has 4 fully saturated rings. The van der Waals surface area contributed by atoms with E-state index < -0.39 is 45.2 Å². The Morgan fingerprint density at radius 2 is 1.73 bits per heavy atom. The third-order valence-electron chi connectivity index (χ3n) is 12.1. The van der Waals surface area contributed by atoms with Crippen LogP contribution in [-0.4, -0.2) is 75.5 Å². The van der Waals surface area contributed by atoms with E-state index in [-0.39, 0.29) is 65.7 Å². The fourth-order valence-corrected chi connectivity index (χ4v) is 9.90. The lowest BCUT2D eigenvalue weighted by atomic mass is 9.42. The number of allylic oxidation sites excluding steroid dienone is 2. The Morgan fingerprint density at radius 1 is 1.05 bits per heavy atom. The van der Waals surface area contributed by atoms with Crippen LogP contribution in [0.25, 0.3) is 0 Å². The predicted octanol–water partition coefficient (Wildman–Crippen LogP) is 2.53. The predicted molar refractivity (Wildman–Crippen MR) is 152 cm³/mol. The largest absolute Gasteiger partial charge is 0.393 e. The van der Waals surface area contributed by atoms with E-state index in [4.69, 9.17) is 4.55 Å². The van der Waals surface area contributed by atoms with E-state index in [1.807, 2.05) is 13.0 Å². The van der Waals surface area contributed by atoms with Crippen molar-refractivity contribution in [3.8, 4) is 0 Å². The standard InChI is InChI=1S/C30H51NO8S/c1-17(19(3)27(35)31-12-13-40(37,38)39)6-7-18(2)23-15-24(33)26-21-14-25(34)30(36)16-20(32)8-11-29(30,5)22(21)9-10-28(23,26)4/h6-7,17-26,32-34,36H,8-16H2,1-5H3,(H,31,35)(H,37,38,39)/b7-6+/t17-,18-,19-,20+,21?,22?,23-,24+,25-,26?,28-,29-,30+/m1/s1. The third kappa shape index (κ3) is 5.53. The molecule has 10 heteroatoms. The number of hydrogen-bond donors (Lipinski definition) is 6. The maximum atomic E-state index is 12.5. The quantitative estimate of drug-likeness (QED) is 0.187. The van der Waals surface area contributed by atoms with E-state index >= 15 is 0 Å². The highest BCUT2D eigenvalue weighted by Gasteiger charge is 2.68. The average molecular weight is 586 g/mol. The fraction of sp³-hybridized carbons (Fsp3) is 0.900. The van der Waals surface area contributed by atoms with Crippen LogP contribution in [0.15, 0.2) is 12.2 Å². The molecular weight excluding hydrogens is 534 g/mol. The Bertz CT molecular complexity index is 1080. The van der Waals surface area contributed by atoms with Gasteiger partial charge in [-0.1, -0.05) is 46.8 Å². The van der Waals surface area contributed by atoms with Crippen molar-refractivity contribution >= 4 is 16.0 Å². The first kappa shape index (κ1) is 31.9. The van der Waals surface area contributed by atoms with Crippen LogP contribution < -0.4 is 5.32 Å². The summed E-state index contributed by atoms with van der Waals surface area (Å²) in [6.45, 7) is 10.1. The summed E-state index contributed by atoms with van der Waals surface area (Å²) in [5.74, 6) is -0.549. The molecule has 0 aromatic heterocycles. The van der Waals surface area contributed by atoms with E-state index in [0.29, 0.717) is 25.7 Å². The maximum absolute atomic E-state index is 12.5. The minimum absolute atomic E-state index is 0.0277. The molecule has 4 rings (SSSR count). The molecule has 0 heterocycles. The SMILES string of the molecule is C[C@H](/C=C/[C@@H](C)[C@@H](C)C(=O)NCCS(=O)(=O)O)[C@H]1C[C@H](O)C2C3C[C@@H](O)[C@@]4(O)C[C@@H](O)CC[C@]4(C)C3CC[C@@]21C. The minimum Gasteiger partial charge on any atom is -0.393 e. The summed E-state index contributed by atoms with van der Waals surface area (Å²) in [4.78, 5) is 12.5. The van der Waals surface area contributed by atoms with Crippen LogP contribution in [0.3, 0.4) is 0 Å². The number of rotatable bonds is 8. The zero-order valence-corrected chi connectivity index (χ0v) is 25.5. The lowest BCUT2D eigenvalue weighted by Crippen LogP contribution is -2.69. The number of carbonyl (C=O) groups is 1. The molecule has 4 aliphatic rings. The smallest absolute Gasteiger partial charge is 0.266 e. The van der Waals surface area contributed by atoms with Crippen molar-refractivity contribution in [2.24, 2.45) is 52.3 Å². The third-order valence-corrected chi connectivity index (χ3v) is 12.8. The summed E-state index contributed by atoms with van der Waals surface area (Å²) >= 11 is 0. The lowest BCUT2D eigenvalue weighted by molar-refractivity contribution is -0.268. The molecule has 1 amide bonds. The van der Waals surface area contributed by atoms with Gasteiger partial charge in [-0.2, -0.15) is 8.42 Å². The van der Waals surface area contributed by atoms with Gasteiger partial charge in [0.05, 0.1) is 29.7 Å². The van der Waals surface area contributed by atoms with Crippen molar-refractivity contribution in [2.75, 3.05) is 12.3 Å². The molecule has 40 heavy (non-hydrogen) atoms. The van der Waals surface area contributed by atoms with Gasteiger partial charge < -0.3 is 25.7 Å². The second-order valence-corrected chi connectivity index (χ2v) is 15.8. The van der Waals surface area contributed by atoms with Gasteiger partial charge in [-0.3, -0.25) is 9.35 Å². The van der Waals surface area contributed by atoms with Gasteiger partial charge >= 0.3 is 0 Å². The zero-order chi connectivity index (χ0) is 29.8. The summed E-state index contributed by atoms with van der Waals surface area (Å²) < 4.78 is 30.7. The van der Waals surface area contributed by atoms with Gasteiger partial charge in [0.2, 0.25) is 5.91 Å². The summed E-state index contributed by atoms with van der Waals surface area (Å²) in [5, 5.41) is 47.3. The highest BCUT2D eigenvalue weighted by atomic mass is 32.2. The molecule has 13 atom stereocenters. The van der Waals surface area contributed by atoms with Gasteiger partial charge in [0.15, 0.2) is 0 Å². The van der Waals surface area contributed by atoms with E-state index in [0.717, 1.165) is 12.8 Å². The monoisotopic (exact) mass is 585 g/mol. The van der Waals surface area contributed by atoms with E-state index in [2.05, 4.69) is 32.2 Å². The Labute approximate surface area is 239 Å².